The highest BCUT2D eigenvalue weighted by molar-refractivity contribution is 6.34. The van der Waals surface area contributed by atoms with E-state index in [1.54, 1.807) is 48.5 Å². The van der Waals surface area contributed by atoms with Crippen molar-refractivity contribution in [1.82, 2.24) is 10.6 Å². The second kappa shape index (κ2) is 6.10. The molecule has 2 aromatic carbocycles. The van der Waals surface area contributed by atoms with Crippen LogP contribution in [0.5, 0.6) is 0 Å². The summed E-state index contributed by atoms with van der Waals surface area (Å²) in [6, 6.07) is 12.1. The van der Waals surface area contributed by atoms with Crippen LogP contribution in [0.4, 0.5) is 10.5 Å². The number of halogens is 1. The van der Waals surface area contributed by atoms with Gasteiger partial charge in [0.1, 0.15) is 6.04 Å². The molecule has 0 saturated carbocycles. The first-order valence-corrected chi connectivity index (χ1v) is 7.19. The zero-order valence-electron chi connectivity index (χ0n) is 11.8. The number of benzene rings is 2. The van der Waals surface area contributed by atoms with Crippen molar-refractivity contribution < 1.29 is 14.4 Å². The molecule has 2 aromatic rings. The Morgan fingerprint density at radius 3 is 2.57 bits per heavy atom. The Balaban J connectivity index is 1.81. The average Bonchev–Trinajstić information content (AvgIpc) is 2.86. The highest BCUT2D eigenvalue weighted by atomic mass is 35.5. The van der Waals surface area contributed by atoms with Crippen LogP contribution in [-0.2, 0) is 4.79 Å². The van der Waals surface area contributed by atoms with Crippen LogP contribution in [0.1, 0.15) is 22.0 Å². The summed E-state index contributed by atoms with van der Waals surface area (Å²) >= 11 is 5.99. The van der Waals surface area contributed by atoms with Crippen molar-refractivity contribution in [3.63, 3.8) is 0 Å². The topological polar surface area (TPSA) is 87.3 Å². The molecule has 0 bridgehead atoms. The van der Waals surface area contributed by atoms with Gasteiger partial charge in [0.05, 0.1) is 10.6 Å². The van der Waals surface area contributed by atoms with Crippen molar-refractivity contribution in [2.75, 3.05) is 5.32 Å². The lowest BCUT2D eigenvalue weighted by Crippen LogP contribution is -2.22. The lowest BCUT2D eigenvalue weighted by Gasteiger charge is -2.11. The van der Waals surface area contributed by atoms with Gasteiger partial charge in [-0.2, -0.15) is 0 Å². The molecule has 116 valence electrons. The lowest BCUT2D eigenvalue weighted by molar-refractivity contribution is -0.120. The second-order valence-corrected chi connectivity index (χ2v) is 5.36. The van der Waals surface area contributed by atoms with E-state index in [-0.39, 0.29) is 5.91 Å². The van der Waals surface area contributed by atoms with E-state index in [0.29, 0.717) is 21.8 Å². The van der Waals surface area contributed by atoms with Crippen molar-refractivity contribution in [2.45, 2.75) is 6.04 Å². The molecule has 0 aliphatic carbocycles. The van der Waals surface area contributed by atoms with Crippen LogP contribution in [0.15, 0.2) is 48.5 Å². The molecule has 3 rings (SSSR count). The maximum absolute atomic E-state index is 12.2. The van der Waals surface area contributed by atoms with Crippen molar-refractivity contribution >= 4 is 35.1 Å². The number of hydrogen-bond acceptors (Lipinski definition) is 3. The van der Waals surface area contributed by atoms with E-state index in [2.05, 4.69) is 16.0 Å². The molecule has 1 unspecified atom stereocenters. The molecule has 0 spiro atoms. The SMILES string of the molecule is O=C1NC(=O)C(c2cccc(NC(=O)c3ccccc3Cl)c2)N1. The number of urea groups is 1. The number of amides is 4. The van der Waals surface area contributed by atoms with Crippen LogP contribution in [0, 0.1) is 0 Å². The molecule has 1 aliphatic rings. The van der Waals surface area contributed by atoms with Gasteiger partial charge in [-0.3, -0.25) is 14.9 Å². The molecule has 1 atom stereocenters. The number of carbonyl (C=O) groups is 3. The third kappa shape index (κ3) is 3.17. The number of nitrogens with one attached hydrogen (secondary N) is 3. The number of imide groups is 1. The van der Waals surface area contributed by atoms with Crippen molar-refractivity contribution in [1.29, 1.82) is 0 Å². The first kappa shape index (κ1) is 15.1. The molecule has 6 nitrogen and oxygen atoms in total. The van der Waals surface area contributed by atoms with Gasteiger partial charge in [-0.05, 0) is 29.8 Å². The minimum atomic E-state index is -0.764. The molecule has 4 amide bonds. The number of carbonyl (C=O) groups excluding carboxylic acids is 3. The Labute approximate surface area is 136 Å². The summed E-state index contributed by atoms with van der Waals surface area (Å²) in [5, 5.41) is 7.74. The fourth-order valence-electron chi connectivity index (χ4n) is 2.29. The number of hydrogen-bond donors (Lipinski definition) is 3. The Morgan fingerprint density at radius 1 is 1.09 bits per heavy atom. The molecule has 1 fully saturated rings. The predicted octanol–water partition coefficient (Wildman–Crippen LogP) is 2.47. The van der Waals surface area contributed by atoms with Crippen molar-refractivity contribution in [3.05, 3.63) is 64.7 Å². The fourth-order valence-corrected chi connectivity index (χ4v) is 2.51. The lowest BCUT2D eigenvalue weighted by atomic mass is 10.1. The third-order valence-corrected chi connectivity index (χ3v) is 3.70. The summed E-state index contributed by atoms with van der Waals surface area (Å²) in [5.41, 5.74) is 1.43. The van der Waals surface area contributed by atoms with E-state index in [1.807, 2.05) is 0 Å². The van der Waals surface area contributed by atoms with Crippen LogP contribution in [-0.4, -0.2) is 17.8 Å². The van der Waals surface area contributed by atoms with Crippen LogP contribution in [0.3, 0.4) is 0 Å². The van der Waals surface area contributed by atoms with E-state index in [9.17, 15) is 14.4 Å². The highest BCUT2D eigenvalue weighted by Crippen LogP contribution is 2.22. The molecular formula is C16H12ClN3O3. The number of anilines is 1. The van der Waals surface area contributed by atoms with Gasteiger partial charge < -0.3 is 10.6 Å². The van der Waals surface area contributed by atoms with Gasteiger partial charge in [0, 0.05) is 5.69 Å². The van der Waals surface area contributed by atoms with Crippen LogP contribution < -0.4 is 16.0 Å². The first-order valence-electron chi connectivity index (χ1n) is 6.82. The highest BCUT2D eigenvalue weighted by Gasteiger charge is 2.30. The van der Waals surface area contributed by atoms with E-state index < -0.39 is 18.0 Å². The van der Waals surface area contributed by atoms with E-state index >= 15 is 0 Å². The molecule has 1 heterocycles. The summed E-state index contributed by atoms with van der Waals surface area (Å²) in [4.78, 5) is 35.1. The van der Waals surface area contributed by atoms with E-state index in [1.165, 1.54) is 0 Å². The van der Waals surface area contributed by atoms with Crippen LogP contribution >= 0.6 is 11.6 Å². The van der Waals surface area contributed by atoms with Crippen LogP contribution in [0.2, 0.25) is 5.02 Å². The van der Waals surface area contributed by atoms with Crippen molar-refractivity contribution in [3.8, 4) is 0 Å². The van der Waals surface area contributed by atoms with Crippen LogP contribution in [0.25, 0.3) is 0 Å². The van der Waals surface area contributed by atoms with Gasteiger partial charge in [-0.25, -0.2) is 4.79 Å². The minimum Gasteiger partial charge on any atom is -0.322 e. The zero-order valence-corrected chi connectivity index (χ0v) is 12.6. The largest absolute Gasteiger partial charge is 0.322 e. The maximum atomic E-state index is 12.2. The normalized spacial score (nSPS) is 16.7. The fraction of sp³-hybridized carbons (Fsp3) is 0.0625. The van der Waals surface area contributed by atoms with Gasteiger partial charge in [0.2, 0.25) is 0 Å². The molecular weight excluding hydrogens is 318 g/mol. The second-order valence-electron chi connectivity index (χ2n) is 4.96. The quantitative estimate of drug-likeness (QED) is 0.756. The molecule has 0 radical (unpaired) electrons. The standard InChI is InChI=1S/C16H12ClN3O3/c17-12-7-2-1-6-11(12)14(21)18-10-5-3-4-9(8-10)13-15(22)20-16(23)19-13/h1-8,13H,(H,18,21)(H2,19,20,22,23). The van der Waals surface area contributed by atoms with Crippen molar-refractivity contribution in [2.24, 2.45) is 0 Å². The summed E-state index contributed by atoms with van der Waals surface area (Å²) in [7, 11) is 0. The molecule has 0 aromatic heterocycles. The average molecular weight is 330 g/mol. The molecule has 1 aliphatic heterocycles. The van der Waals surface area contributed by atoms with Gasteiger partial charge in [-0.15, -0.1) is 0 Å². The monoisotopic (exact) mass is 329 g/mol. The summed E-state index contributed by atoms with van der Waals surface area (Å²) in [6.45, 7) is 0. The summed E-state index contributed by atoms with van der Waals surface area (Å²) in [6.07, 6.45) is 0. The Kier molecular flexibility index (Phi) is 3.99. The first-order chi connectivity index (χ1) is 11.0. The van der Waals surface area contributed by atoms with E-state index in [4.69, 9.17) is 11.6 Å². The van der Waals surface area contributed by atoms with Gasteiger partial charge in [0.25, 0.3) is 11.8 Å². The molecule has 23 heavy (non-hydrogen) atoms. The predicted molar refractivity (Wildman–Crippen MR) is 85.3 cm³/mol. The molecule has 3 N–H and O–H groups in total. The Morgan fingerprint density at radius 2 is 1.87 bits per heavy atom. The minimum absolute atomic E-state index is 0.351. The van der Waals surface area contributed by atoms with E-state index in [0.717, 1.165) is 0 Å². The molecule has 7 heteroatoms. The smallest absolute Gasteiger partial charge is 0.322 e. The third-order valence-electron chi connectivity index (χ3n) is 3.37. The molecule has 1 saturated heterocycles. The Bertz CT molecular complexity index is 807. The Hall–Kier alpha value is -2.86. The summed E-state index contributed by atoms with van der Waals surface area (Å²) < 4.78 is 0. The number of rotatable bonds is 3. The summed E-state index contributed by atoms with van der Waals surface area (Å²) in [5.74, 6) is -0.780. The van der Waals surface area contributed by atoms with Gasteiger partial charge in [0.15, 0.2) is 0 Å². The zero-order chi connectivity index (χ0) is 16.4. The maximum Gasteiger partial charge on any atom is 0.322 e. The van der Waals surface area contributed by atoms with Gasteiger partial charge in [-0.1, -0.05) is 35.9 Å². The van der Waals surface area contributed by atoms with Gasteiger partial charge >= 0.3 is 6.03 Å².